The van der Waals surface area contributed by atoms with E-state index in [2.05, 4.69) is 0 Å². The number of halogens is 3. The Kier molecular flexibility index (Phi) is 4.86. The lowest BCUT2D eigenvalue weighted by atomic mass is 10.0. The molecule has 2 fully saturated rings. The van der Waals surface area contributed by atoms with Crippen molar-refractivity contribution in [3.8, 4) is 0 Å². The Labute approximate surface area is 146 Å². The zero-order chi connectivity index (χ0) is 18.9. The van der Waals surface area contributed by atoms with Crippen molar-refractivity contribution in [2.24, 2.45) is 0 Å². The van der Waals surface area contributed by atoms with Crippen molar-refractivity contribution in [1.82, 2.24) is 15.3 Å². The van der Waals surface area contributed by atoms with Gasteiger partial charge in [0.15, 0.2) is 0 Å². The summed E-state index contributed by atoms with van der Waals surface area (Å²) in [4.78, 5) is 42.0. The molecule has 2 heterocycles. The number of piperidine rings is 1. The first-order valence-electron chi connectivity index (χ1n) is 7.96. The summed E-state index contributed by atoms with van der Waals surface area (Å²) in [6.45, 7) is 0.312. The molecule has 2 aliphatic heterocycles. The number of carbonyl (C=O) groups excluding carboxylic acids is 3. The number of nitrogens with zero attached hydrogens (tertiary/aromatic N) is 2. The van der Waals surface area contributed by atoms with E-state index in [4.69, 9.17) is 4.84 Å². The van der Waals surface area contributed by atoms with Crippen molar-refractivity contribution in [3.05, 3.63) is 35.9 Å². The molecule has 3 rings (SSSR count). The molecule has 26 heavy (non-hydrogen) atoms. The quantitative estimate of drug-likeness (QED) is 0.872. The van der Waals surface area contributed by atoms with E-state index in [1.54, 1.807) is 0 Å². The highest BCUT2D eigenvalue weighted by Crippen LogP contribution is 2.30. The number of hydrogen-bond donors (Lipinski definition) is 1. The lowest BCUT2D eigenvalue weighted by Gasteiger charge is -2.29. The van der Waals surface area contributed by atoms with Crippen LogP contribution in [0.2, 0.25) is 0 Å². The average molecular weight is 371 g/mol. The van der Waals surface area contributed by atoms with E-state index in [1.807, 2.05) is 30.3 Å². The minimum atomic E-state index is -5.16. The van der Waals surface area contributed by atoms with Gasteiger partial charge in [0.1, 0.15) is 12.6 Å². The number of alkyl halides is 3. The number of nitrogens with one attached hydrogen (secondary N) is 1. The summed E-state index contributed by atoms with van der Waals surface area (Å²) in [5.41, 5.74) is 0.849. The average Bonchev–Trinajstić information content (AvgIpc) is 2.84. The van der Waals surface area contributed by atoms with Gasteiger partial charge in [-0.2, -0.15) is 18.2 Å². The number of amides is 4. The second-order valence-electron chi connectivity index (χ2n) is 6.08. The fraction of sp³-hybridized carbons (Fsp3) is 0.438. The van der Waals surface area contributed by atoms with Gasteiger partial charge in [-0.15, -0.1) is 0 Å². The van der Waals surface area contributed by atoms with Gasteiger partial charge >= 0.3 is 18.1 Å². The molecule has 1 aromatic carbocycles. The largest absolute Gasteiger partial charge is 0.471 e. The van der Waals surface area contributed by atoms with Gasteiger partial charge in [0.2, 0.25) is 5.91 Å². The van der Waals surface area contributed by atoms with Crippen LogP contribution in [0.4, 0.5) is 18.0 Å². The van der Waals surface area contributed by atoms with Crippen LogP contribution in [0.5, 0.6) is 0 Å². The SMILES string of the molecule is O=C(NC(=O)C(F)(F)F)[C@@H]1CC[C@@H]2CN1C(=O)N2OCc1ccccc1. The second-order valence-corrected chi connectivity index (χ2v) is 6.08. The smallest absolute Gasteiger partial charge is 0.309 e. The van der Waals surface area contributed by atoms with Crippen LogP contribution in [0.15, 0.2) is 30.3 Å². The molecule has 2 saturated heterocycles. The molecular formula is C16H16F3N3O4. The fourth-order valence-electron chi connectivity index (χ4n) is 3.05. The molecule has 1 N–H and O–H groups in total. The molecule has 140 valence electrons. The molecule has 4 amide bonds. The van der Waals surface area contributed by atoms with Gasteiger partial charge in [0.25, 0.3) is 0 Å². The van der Waals surface area contributed by atoms with Gasteiger partial charge in [-0.3, -0.25) is 19.7 Å². The zero-order valence-electron chi connectivity index (χ0n) is 13.5. The first-order valence-corrected chi connectivity index (χ1v) is 7.96. The molecule has 0 unspecified atom stereocenters. The number of hydrogen-bond acceptors (Lipinski definition) is 4. The van der Waals surface area contributed by atoms with Gasteiger partial charge in [0.05, 0.1) is 6.04 Å². The van der Waals surface area contributed by atoms with Crippen molar-refractivity contribution >= 4 is 17.8 Å². The number of fused-ring (bicyclic) bond motifs is 2. The van der Waals surface area contributed by atoms with Crippen LogP contribution in [0.3, 0.4) is 0 Å². The third-order valence-electron chi connectivity index (χ3n) is 4.33. The number of hydroxylamine groups is 2. The minimum Gasteiger partial charge on any atom is -0.309 e. The van der Waals surface area contributed by atoms with Gasteiger partial charge in [-0.25, -0.2) is 4.79 Å². The third kappa shape index (κ3) is 3.64. The van der Waals surface area contributed by atoms with Crippen LogP contribution in [-0.4, -0.2) is 52.6 Å². The molecule has 2 atom stereocenters. The van der Waals surface area contributed by atoms with Gasteiger partial charge in [0, 0.05) is 6.54 Å². The number of rotatable bonds is 4. The molecule has 1 aromatic rings. The number of urea groups is 1. The number of benzene rings is 1. The maximum Gasteiger partial charge on any atom is 0.471 e. The highest BCUT2D eigenvalue weighted by molar-refractivity contribution is 6.01. The molecule has 10 heteroatoms. The predicted molar refractivity (Wildman–Crippen MR) is 81.2 cm³/mol. The molecule has 0 saturated carbocycles. The van der Waals surface area contributed by atoms with Crippen LogP contribution in [0.25, 0.3) is 0 Å². The van der Waals surface area contributed by atoms with Crippen LogP contribution in [0, 0.1) is 0 Å². The lowest BCUT2D eigenvalue weighted by Crippen LogP contribution is -2.53. The van der Waals surface area contributed by atoms with E-state index in [0.717, 1.165) is 15.5 Å². The monoisotopic (exact) mass is 371 g/mol. The Morgan fingerprint density at radius 2 is 1.88 bits per heavy atom. The molecule has 0 radical (unpaired) electrons. The molecule has 7 nitrogen and oxygen atoms in total. The molecule has 2 aliphatic rings. The summed E-state index contributed by atoms with van der Waals surface area (Å²) in [6.07, 6.45) is -4.62. The first-order chi connectivity index (χ1) is 12.3. The van der Waals surface area contributed by atoms with Crippen LogP contribution in [0.1, 0.15) is 18.4 Å². The van der Waals surface area contributed by atoms with Gasteiger partial charge in [-0.1, -0.05) is 30.3 Å². The Hall–Kier alpha value is -2.62. The lowest BCUT2D eigenvalue weighted by molar-refractivity contribution is -0.175. The molecule has 0 aromatic heterocycles. The van der Waals surface area contributed by atoms with E-state index in [9.17, 15) is 27.6 Å². The highest BCUT2D eigenvalue weighted by atomic mass is 19.4. The number of carbonyl (C=O) groups is 3. The van der Waals surface area contributed by atoms with Crippen molar-refractivity contribution in [1.29, 1.82) is 0 Å². The summed E-state index contributed by atoms with van der Waals surface area (Å²) < 4.78 is 36.9. The molecular weight excluding hydrogens is 355 g/mol. The fourth-order valence-corrected chi connectivity index (χ4v) is 3.05. The van der Waals surface area contributed by atoms with Crippen molar-refractivity contribution in [2.75, 3.05) is 6.54 Å². The van der Waals surface area contributed by atoms with E-state index in [0.29, 0.717) is 6.42 Å². The standard InChI is InChI=1S/C16H16F3N3O4/c17-16(18,19)14(24)20-13(23)12-7-6-11-8-21(12)15(25)22(11)26-9-10-4-2-1-3-5-10/h1-5,11-12H,6-9H2,(H,20,23,24)/t11-,12+/m1/s1. The van der Waals surface area contributed by atoms with E-state index in [-0.39, 0.29) is 25.6 Å². The summed E-state index contributed by atoms with van der Waals surface area (Å²) in [6, 6.07) is 7.13. The van der Waals surface area contributed by atoms with E-state index >= 15 is 0 Å². The van der Waals surface area contributed by atoms with Crippen LogP contribution < -0.4 is 5.32 Å². The normalized spacial score (nSPS) is 22.5. The summed E-state index contributed by atoms with van der Waals surface area (Å²) in [7, 11) is 0. The van der Waals surface area contributed by atoms with Crippen LogP contribution >= 0.6 is 0 Å². The van der Waals surface area contributed by atoms with Crippen molar-refractivity contribution in [3.63, 3.8) is 0 Å². The first kappa shape index (κ1) is 18.2. The molecule has 0 aliphatic carbocycles. The Bertz CT molecular complexity index is 710. The van der Waals surface area contributed by atoms with Gasteiger partial charge < -0.3 is 4.90 Å². The molecule has 0 spiro atoms. The topological polar surface area (TPSA) is 79.0 Å². The Morgan fingerprint density at radius 3 is 2.54 bits per heavy atom. The predicted octanol–water partition coefficient (Wildman–Crippen LogP) is 1.59. The van der Waals surface area contributed by atoms with Gasteiger partial charge in [-0.05, 0) is 18.4 Å². The Balaban J connectivity index is 1.62. The second kappa shape index (κ2) is 6.94. The van der Waals surface area contributed by atoms with E-state index in [1.165, 1.54) is 5.32 Å². The summed E-state index contributed by atoms with van der Waals surface area (Å²) >= 11 is 0. The summed E-state index contributed by atoms with van der Waals surface area (Å²) in [5, 5.41) is 2.47. The van der Waals surface area contributed by atoms with Crippen LogP contribution in [-0.2, 0) is 21.0 Å². The number of imide groups is 1. The molecule has 2 bridgehead atoms. The maximum absolute atomic E-state index is 12.4. The maximum atomic E-state index is 12.4. The Morgan fingerprint density at radius 1 is 1.19 bits per heavy atom. The van der Waals surface area contributed by atoms with Crippen molar-refractivity contribution < 1.29 is 32.4 Å². The highest BCUT2D eigenvalue weighted by Gasteiger charge is 2.49. The van der Waals surface area contributed by atoms with E-state index < -0.39 is 30.1 Å². The third-order valence-corrected chi connectivity index (χ3v) is 4.33. The zero-order valence-corrected chi connectivity index (χ0v) is 13.5. The van der Waals surface area contributed by atoms with Crippen molar-refractivity contribution in [2.45, 2.75) is 37.7 Å². The minimum absolute atomic E-state index is 0.151. The summed E-state index contributed by atoms with van der Waals surface area (Å²) in [5.74, 6) is -3.47.